The van der Waals surface area contributed by atoms with Gasteiger partial charge in [-0.2, -0.15) is 0 Å². The molecule has 0 spiro atoms. The zero-order valence-electron chi connectivity index (χ0n) is 17.4. The topological polar surface area (TPSA) is 92.3 Å². The van der Waals surface area contributed by atoms with E-state index in [1.165, 1.54) is 22.3 Å². The van der Waals surface area contributed by atoms with Gasteiger partial charge in [0.1, 0.15) is 5.01 Å². The van der Waals surface area contributed by atoms with Crippen molar-refractivity contribution < 1.29 is 14.4 Å². The fourth-order valence-corrected chi connectivity index (χ4v) is 5.16. The molecule has 32 heavy (non-hydrogen) atoms. The van der Waals surface area contributed by atoms with Crippen LogP contribution in [-0.2, 0) is 6.54 Å². The number of thiazole rings is 1. The number of amides is 3. The molecule has 7 nitrogen and oxygen atoms in total. The van der Waals surface area contributed by atoms with Crippen molar-refractivity contribution in [1.29, 1.82) is 0 Å². The number of carbonyl (C=O) groups is 3. The summed E-state index contributed by atoms with van der Waals surface area (Å²) in [7, 11) is 0. The lowest BCUT2D eigenvalue weighted by molar-refractivity contribution is 0.0549. The third-order valence-electron chi connectivity index (χ3n) is 6.01. The molecule has 3 aromatic rings. The first-order chi connectivity index (χ1) is 15.6. The van der Waals surface area contributed by atoms with E-state index in [9.17, 15) is 14.4 Å². The Morgan fingerprint density at radius 3 is 2.69 bits per heavy atom. The second kappa shape index (κ2) is 8.63. The summed E-state index contributed by atoms with van der Waals surface area (Å²) in [5, 5.41) is 5.59. The van der Waals surface area contributed by atoms with E-state index in [1.807, 2.05) is 17.5 Å². The Morgan fingerprint density at radius 2 is 1.91 bits per heavy atom. The van der Waals surface area contributed by atoms with Gasteiger partial charge in [0.05, 0.1) is 23.4 Å². The second-order valence-electron chi connectivity index (χ2n) is 8.10. The minimum atomic E-state index is -0.305. The quantitative estimate of drug-likeness (QED) is 0.597. The smallest absolute Gasteiger partial charge is 0.261 e. The molecule has 0 atom stereocenters. The van der Waals surface area contributed by atoms with Gasteiger partial charge in [-0.25, -0.2) is 4.98 Å². The van der Waals surface area contributed by atoms with E-state index in [0.717, 1.165) is 48.4 Å². The van der Waals surface area contributed by atoms with Crippen LogP contribution in [-0.4, -0.2) is 38.6 Å². The van der Waals surface area contributed by atoms with Gasteiger partial charge in [-0.15, -0.1) is 11.3 Å². The molecule has 1 N–H and O–H groups in total. The number of carbonyl (C=O) groups excluding carboxylic acids is 3. The zero-order chi connectivity index (χ0) is 22.1. The van der Waals surface area contributed by atoms with Crippen molar-refractivity contribution in [2.24, 2.45) is 0 Å². The van der Waals surface area contributed by atoms with Crippen LogP contribution in [0.4, 0.5) is 0 Å². The largest absolute Gasteiger partial charge is 0.346 e. The van der Waals surface area contributed by atoms with Gasteiger partial charge >= 0.3 is 0 Å². The van der Waals surface area contributed by atoms with Crippen molar-refractivity contribution in [2.45, 2.75) is 44.7 Å². The Morgan fingerprint density at radius 1 is 1.09 bits per heavy atom. The van der Waals surface area contributed by atoms with Crippen LogP contribution >= 0.6 is 11.3 Å². The average Bonchev–Trinajstić information content (AvgIpc) is 3.41. The number of nitrogens with one attached hydrogen (secondary N) is 1. The molecule has 1 fully saturated rings. The van der Waals surface area contributed by atoms with Crippen LogP contribution in [0, 0.1) is 0 Å². The molecular formula is C24H22N4O3S. The number of benzene rings is 1. The summed E-state index contributed by atoms with van der Waals surface area (Å²) in [4.78, 5) is 48.5. The Kier molecular flexibility index (Phi) is 5.53. The molecule has 0 saturated heterocycles. The number of fused-ring (bicyclic) bond motifs is 1. The lowest BCUT2D eigenvalue weighted by atomic mass is 9.94. The van der Waals surface area contributed by atoms with Crippen molar-refractivity contribution >= 4 is 29.1 Å². The van der Waals surface area contributed by atoms with E-state index in [-0.39, 0.29) is 30.3 Å². The summed E-state index contributed by atoms with van der Waals surface area (Å²) >= 11 is 1.49. The summed E-state index contributed by atoms with van der Waals surface area (Å²) in [5.74, 6) is -0.832. The van der Waals surface area contributed by atoms with Crippen LogP contribution in [0.2, 0.25) is 0 Å². The minimum Gasteiger partial charge on any atom is -0.346 e. The molecule has 3 amide bonds. The van der Waals surface area contributed by atoms with Gasteiger partial charge in [0, 0.05) is 34.9 Å². The van der Waals surface area contributed by atoms with Crippen LogP contribution in [0.1, 0.15) is 68.9 Å². The highest BCUT2D eigenvalue weighted by atomic mass is 32.1. The lowest BCUT2D eigenvalue weighted by Crippen LogP contribution is -2.40. The van der Waals surface area contributed by atoms with Gasteiger partial charge in [-0.1, -0.05) is 19.3 Å². The first-order valence-corrected chi connectivity index (χ1v) is 11.6. The van der Waals surface area contributed by atoms with Crippen molar-refractivity contribution in [3.63, 3.8) is 0 Å². The number of rotatable bonds is 5. The molecule has 1 aliphatic heterocycles. The zero-order valence-corrected chi connectivity index (χ0v) is 18.2. The third-order valence-corrected chi connectivity index (χ3v) is 6.95. The van der Waals surface area contributed by atoms with E-state index < -0.39 is 0 Å². The van der Waals surface area contributed by atoms with Crippen LogP contribution in [0.25, 0.3) is 10.6 Å². The third kappa shape index (κ3) is 3.82. The molecule has 8 heteroatoms. The van der Waals surface area contributed by atoms with Gasteiger partial charge < -0.3 is 5.32 Å². The summed E-state index contributed by atoms with van der Waals surface area (Å²) in [6.07, 6.45) is 8.38. The summed E-state index contributed by atoms with van der Waals surface area (Å²) in [5.41, 5.74) is 2.74. The van der Waals surface area contributed by atoms with Crippen molar-refractivity contribution in [3.8, 4) is 10.6 Å². The van der Waals surface area contributed by atoms with Gasteiger partial charge in [-0.05, 0) is 43.2 Å². The molecule has 3 heterocycles. The summed E-state index contributed by atoms with van der Waals surface area (Å²) < 4.78 is 0. The molecular weight excluding hydrogens is 424 g/mol. The molecule has 2 aromatic heterocycles. The highest BCUT2D eigenvalue weighted by Crippen LogP contribution is 2.31. The normalized spacial score (nSPS) is 16.3. The molecule has 1 aliphatic carbocycles. The second-order valence-corrected chi connectivity index (χ2v) is 8.96. The molecule has 0 radical (unpaired) electrons. The predicted octanol–water partition coefficient (Wildman–Crippen LogP) is 4.06. The maximum absolute atomic E-state index is 13.0. The lowest BCUT2D eigenvalue weighted by Gasteiger charge is -2.29. The van der Waals surface area contributed by atoms with Crippen LogP contribution in [0.3, 0.4) is 0 Å². The molecule has 2 aliphatic rings. The summed E-state index contributed by atoms with van der Waals surface area (Å²) in [6.45, 7) is 0.272. The SMILES string of the molecule is O=C(NCc1csc(-c2cccnc2)n1)c1ccc2c(c1)C(=O)N(C1CCCCC1)C2=O. The minimum absolute atomic E-state index is 0.0351. The maximum Gasteiger partial charge on any atom is 0.261 e. The van der Waals surface area contributed by atoms with Gasteiger partial charge in [-0.3, -0.25) is 24.3 Å². The molecule has 1 aromatic carbocycles. The predicted molar refractivity (Wildman–Crippen MR) is 120 cm³/mol. The van der Waals surface area contributed by atoms with Gasteiger partial charge in [0.25, 0.3) is 17.7 Å². The first kappa shape index (κ1) is 20.5. The van der Waals surface area contributed by atoms with Crippen LogP contribution in [0.5, 0.6) is 0 Å². The Hall–Kier alpha value is -3.39. The monoisotopic (exact) mass is 446 g/mol. The standard InChI is InChI=1S/C24H22N4O3S/c29-21(26-13-17-14-32-22(27-17)16-5-4-10-25-12-16)15-8-9-19-20(11-15)24(31)28(23(19)30)18-6-2-1-3-7-18/h4-5,8-12,14,18H,1-3,6-7,13H2,(H,26,29). The Bertz CT molecular complexity index is 1180. The molecule has 1 saturated carbocycles. The fourth-order valence-electron chi connectivity index (χ4n) is 4.35. The highest BCUT2D eigenvalue weighted by Gasteiger charge is 2.40. The van der Waals surface area contributed by atoms with Crippen LogP contribution in [0.15, 0.2) is 48.1 Å². The highest BCUT2D eigenvalue weighted by molar-refractivity contribution is 7.13. The van der Waals surface area contributed by atoms with E-state index in [4.69, 9.17) is 0 Å². The molecule has 0 unspecified atom stereocenters. The number of aromatic nitrogens is 2. The van der Waals surface area contributed by atoms with E-state index in [2.05, 4.69) is 15.3 Å². The molecule has 0 bridgehead atoms. The fraction of sp³-hybridized carbons (Fsp3) is 0.292. The van der Waals surface area contributed by atoms with E-state index >= 15 is 0 Å². The van der Waals surface area contributed by atoms with E-state index in [0.29, 0.717) is 16.7 Å². The van der Waals surface area contributed by atoms with Crippen molar-refractivity contribution in [3.05, 3.63) is 70.5 Å². The van der Waals surface area contributed by atoms with Gasteiger partial charge in [0.15, 0.2) is 0 Å². The van der Waals surface area contributed by atoms with Gasteiger partial charge in [0.2, 0.25) is 0 Å². The maximum atomic E-state index is 13.0. The Labute approximate surface area is 189 Å². The number of nitrogens with zero attached hydrogens (tertiary/aromatic N) is 3. The van der Waals surface area contributed by atoms with Crippen molar-refractivity contribution in [2.75, 3.05) is 0 Å². The molecule has 5 rings (SSSR count). The first-order valence-electron chi connectivity index (χ1n) is 10.8. The Balaban J connectivity index is 1.27. The average molecular weight is 447 g/mol. The summed E-state index contributed by atoms with van der Waals surface area (Å²) in [6, 6.07) is 8.49. The van der Waals surface area contributed by atoms with Crippen LogP contribution < -0.4 is 5.32 Å². The number of hydrogen-bond donors (Lipinski definition) is 1. The number of imide groups is 1. The van der Waals surface area contributed by atoms with E-state index in [1.54, 1.807) is 24.5 Å². The number of pyridine rings is 1. The number of hydrogen-bond acceptors (Lipinski definition) is 6. The van der Waals surface area contributed by atoms with Crippen molar-refractivity contribution in [1.82, 2.24) is 20.2 Å². The molecule has 162 valence electrons.